The number of Topliss-reactive ketones (excluding diaryl/α,β-unsaturated/α-hetero) is 11. The van der Waals surface area contributed by atoms with Crippen molar-refractivity contribution in [1.29, 1.82) is 0 Å². The van der Waals surface area contributed by atoms with Crippen molar-refractivity contribution in [1.82, 2.24) is 9.97 Å². The molecular formula is C86H144N16O17. The van der Waals surface area contributed by atoms with Gasteiger partial charge in [-0.25, -0.2) is 0 Å². The van der Waals surface area contributed by atoms with Crippen LogP contribution in [0.15, 0.2) is 109 Å². The molecule has 34 N–H and O–H groups in total. The summed E-state index contributed by atoms with van der Waals surface area (Å²) in [4.78, 5) is 143. The lowest BCUT2D eigenvalue weighted by atomic mass is 10.0. The minimum Gasteiger partial charge on any atom is -0.508 e. The predicted molar refractivity (Wildman–Crippen MR) is 471 cm³/mol. The summed E-state index contributed by atoms with van der Waals surface area (Å²) in [5, 5.41) is 36.8. The fourth-order valence-electron chi connectivity index (χ4n) is 9.02. The van der Waals surface area contributed by atoms with Crippen LogP contribution in [0.2, 0.25) is 0 Å². The van der Waals surface area contributed by atoms with Gasteiger partial charge in [0.2, 0.25) is 0 Å². The van der Waals surface area contributed by atoms with Crippen LogP contribution in [0.3, 0.4) is 0 Å². The first-order valence-corrected chi connectivity index (χ1v) is 39.3. The van der Waals surface area contributed by atoms with Gasteiger partial charge in [-0.05, 0) is 243 Å². The molecule has 0 aliphatic heterocycles. The van der Waals surface area contributed by atoms with E-state index in [1.807, 2.05) is 88.6 Å². The Balaban J connectivity index is -0.000000404. The van der Waals surface area contributed by atoms with Gasteiger partial charge >= 0.3 is 11.9 Å². The van der Waals surface area contributed by atoms with E-state index >= 15 is 0 Å². The lowest BCUT2D eigenvalue weighted by molar-refractivity contribution is -0.138. The van der Waals surface area contributed by atoms with Gasteiger partial charge in [-0.3, -0.25) is 62.3 Å². The molecule has 0 saturated heterocycles. The third-order valence-corrected chi connectivity index (χ3v) is 17.6. The number of hydrogen-bond donors (Lipinski definition) is 20. The first kappa shape index (κ1) is 118. The number of carbonyl (C=O) groups excluding carboxylic acids is 11. The molecule has 11 atom stereocenters. The SMILES string of the molecule is CC(=O)C(N)C(C)C.CC(=O)[C@@H](N)CCCC(=O)O.CC(=O)[C@@H](N)CCN.CC(=O)[C@@H](N)Cc1c[nH]c2ccccc12.CC(=O)[C@@H](N)Cc1ccc(O)cc1.CC(=O)[C@H](N)C(C)C.CC(=O)[C@H](N)CCCC(=O)O.CC(=O)[C@H](N)CCCN.CC(=O)[C@H](N)CCN.CC(=O)[C@H](N)Cc1c[nH]c2ccccc12.CC(=O)[C@H](N)Cc1ccc(O)cc1. The zero-order valence-corrected chi connectivity index (χ0v) is 72.6. The molecule has 6 aromatic rings. The van der Waals surface area contributed by atoms with Crippen molar-refractivity contribution in [3.8, 4) is 11.5 Å². The van der Waals surface area contributed by atoms with Crippen LogP contribution in [0, 0.1) is 11.8 Å². The second kappa shape index (κ2) is 68.1. The molecule has 0 radical (unpaired) electrons. The van der Waals surface area contributed by atoms with Crippen LogP contribution in [0.1, 0.15) is 190 Å². The molecule has 0 aliphatic carbocycles. The highest BCUT2D eigenvalue weighted by atomic mass is 16.4. The molecule has 119 heavy (non-hydrogen) atoms. The molecule has 2 heterocycles. The molecule has 6 rings (SSSR count). The Hall–Kier alpha value is -9.69. The molecule has 0 aliphatic rings. The third kappa shape index (κ3) is 62.2. The van der Waals surface area contributed by atoms with Crippen molar-refractivity contribution in [2.45, 2.75) is 260 Å². The second-order valence-electron chi connectivity index (χ2n) is 29.2. The lowest BCUT2D eigenvalue weighted by Gasteiger charge is -2.09. The first-order chi connectivity index (χ1) is 55.3. The molecule has 33 heteroatoms. The molecule has 670 valence electrons. The first-order valence-electron chi connectivity index (χ1n) is 39.3. The van der Waals surface area contributed by atoms with E-state index < -0.39 is 48.2 Å². The smallest absolute Gasteiger partial charge is 0.303 e. The summed E-state index contributed by atoms with van der Waals surface area (Å²) in [6, 6.07) is 25.2. The Morgan fingerprint density at radius 2 is 0.538 bits per heavy atom. The van der Waals surface area contributed by atoms with Gasteiger partial charge in [0.1, 0.15) is 75.1 Å². The van der Waals surface area contributed by atoms with Crippen molar-refractivity contribution < 1.29 is 82.8 Å². The topological polar surface area (TPSA) is 699 Å². The number of benzene rings is 4. The van der Waals surface area contributed by atoms with E-state index in [9.17, 15) is 62.3 Å². The van der Waals surface area contributed by atoms with Gasteiger partial charge in [-0.15, -0.1) is 0 Å². The number of phenols is 2. The normalized spacial score (nSPS) is 13.0. The maximum Gasteiger partial charge on any atom is 0.303 e. The maximum atomic E-state index is 11.1. The molecule has 4 aromatic carbocycles. The quantitative estimate of drug-likeness (QED) is 0.0257. The summed E-state index contributed by atoms with van der Waals surface area (Å²) in [5.41, 5.74) is 81.9. The van der Waals surface area contributed by atoms with Crippen LogP contribution in [-0.4, -0.2) is 192 Å². The monoisotopic (exact) mass is 1670 g/mol. The van der Waals surface area contributed by atoms with E-state index in [-0.39, 0.29) is 130 Å². The number of aromatic amines is 2. The number of aliphatic carboxylic acids is 2. The van der Waals surface area contributed by atoms with E-state index in [1.54, 1.807) is 48.5 Å². The number of ketones is 11. The minimum atomic E-state index is -0.847. The Labute approximate surface area is 702 Å². The molecule has 0 saturated carbocycles. The van der Waals surface area contributed by atoms with Crippen LogP contribution in [0.5, 0.6) is 11.5 Å². The van der Waals surface area contributed by atoms with E-state index in [1.165, 1.54) is 76.2 Å². The number of rotatable bonds is 36. The number of nitrogens with one attached hydrogen (secondary N) is 2. The van der Waals surface area contributed by atoms with Gasteiger partial charge in [-0.2, -0.15) is 0 Å². The fraction of sp³-hybridized carbons (Fsp3) is 0.523. The summed E-state index contributed by atoms with van der Waals surface area (Å²) in [5.74, 6) is -0.663. The summed E-state index contributed by atoms with van der Waals surface area (Å²) < 4.78 is 0. The van der Waals surface area contributed by atoms with Crippen LogP contribution in [0.25, 0.3) is 21.8 Å². The van der Waals surface area contributed by atoms with Crippen LogP contribution in [-0.2, 0) is 88.0 Å². The number of carbonyl (C=O) groups is 13. The highest BCUT2D eigenvalue weighted by molar-refractivity contribution is 5.88. The number of aromatic nitrogens is 2. The maximum absolute atomic E-state index is 11.1. The molecule has 0 bridgehead atoms. The number of phenolic OH excluding ortho intramolecular Hbond substituents is 2. The molecule has 0 fully saturated rings. The van der Waals surface area contributed by atoms with E-state index in [2.05, 4.69) is 9.97 Å². The van der Waals surface area contributed by atoms with Gasteiger partial charge < -0.3 is 111 Å². The highest BCUT2D eigenvalue weighted by Crippen LogP contribution is 2.21. The summed E-state index contributed by atoms with van der Waals surface area (Å²) in [7, 11) is 0. The second-order valence-corrected chi connectivity index (χ2v) is 29.2. The highest BCUT2D eigenvalue weighted by Gasteiger charge is 2.17. The standard InChI is InChI=1S/2C12H14N2O.2C10H13NO2.2C7H13NO3.C6H14N2O.2C6H13NO.2C5H12N2O/c2*1-8(15)11(13)6-9-7-14-12-5-3-2-4-10(9)12;2*1-7(12)10(11)6-8-2-4-9(13)5-3-8;2*1-5(9)6(8)3-2-4-7(10)11;1-5(9)6(8)3-2-4-7;2*1-4(2)6(7)5(3)8;2*1-4(8)5(7)2-3-6/h2*2-5,7,11,14H,6,13H2,1H3;2*2-5,10,13H,6,11H2,1H3;2*6H,2-4,8H2,1H3,(H,10,11);6H,2-4,7-8H2,1H3;2*4,6H,7H2,1-3H3;2*5H,2-3,6-7H2,1H3/t2*11-;2*10-;4*6-;;2*5-/m10101011.10/s1. The molecule has 0 spiro atoms. The molecule has 2 aromatic heterocycles. The van der Waals surface area contributed by atoms with E-state index in [0.717, 1.165) is 50.5 Å². The van der Waals surface area contributed by atoms with Crippen molar-refractivity contribution in [2.75, 3.05) is 19.6 Å². The van der Waals surface area contributed by atoms with Crippen molar-refractivity contribution >= 4 is 97.4 Å². The largest absolute Gasteiger partial charge is 0.508 e. The molecule has 0 amide bonds. The number of carboxylic acid groups (broad SMARTS) is 2. The van der Waals surface area contributed by atoms with Crippen molar-refractivity contribution in [2.24, 2.45) is 92.1 Å². The lowest BCUT2D eigenvalue weighted by Crippen LogP contribution is -2.33. The third-order valence-electron chi connectivity index (χ3n) is 17.6. The van der Waals surface area contributed by atoms with Crippen molar-refractivity contribution in [3.63, 3.8) is 0 Å². The van der Waals surface area contributed by atoms with E-state index in [4.69, 9.17) is 101 Å². The number of carboxylic acids is 2. The zero-order chi connectivity index (χ0) is 92.9. The van der Waals surface area contributed by atoms with Gasteiger partial charge in [-0.1, -0.05) is 88.4 Å². The molecule has 1 unspecified atom stereocenters. The van der Waals surface area contributed by atoms with Crippen LogP contribution in [0.4, 0.5) is 0 Å². The Kier molecular flexibility index (Phi) is 67.5. The Morgan fingerprint density at radius 3 is 0.739 bits per heavy atom. The Morgan fingerprint density at radius 1 is 0.303 bits per heavy atom. The number of H-pyrrole nitrogens is 2. The summed E-state index contributed by atoms with van der Waals surface area (Å²) in [6.45, 7) is 25.6. The Bertz CT molecular complexity index is 3690. The minimum absolute atomic E-state index is 0.00968. The molecule has 33 nitrogen and oxygen atoms in total. The average molecular weight is 1670 g/mol. The number of nitrogens with two attached hydrogens (primary N) is 14. The van der Waals surface area contributed by atoms with Gasteiger partial charge in [0.25, 0.3) is 0 Å². The van der Waals surface area contributed by atoms with Crippen LogP contribution >= 0.6 is 0 Å². The number of para-hydroxylation sites is 2. The molecular weight excluding hydrogens is 1530 g/mol. The van der Waals surface area contributed by atoms with E-state index in [0.29, 0.717) is 90.3 Å². The number of fused-ring (bicyclic) bond motifs is 2. The summed E-state index contributed by atoms with van der Waals surface area (Å²) in [6.07, 6.45) is 10.8. The fourth-order valence-corrected chi connectivity index (χ4v) is 9.02. The predicted octanol–water partition coefficient (Wildman–Crippen LogP) is 4.53. The zero-order valence-electron chi connectivity index (χ0n) is 72.6. The van der Waals surface area contributed by atoms with Gasteiger partial charge in [0, 0.05) is 47.0 Å². The van der Waals surface area contributed by atoms with Gasteiger partial charge in [0.05, 0.1) is 66.5 Å². The van der Waals surface area contributed by atoms with Gasteiger partial charge in [0.15, 0.2) is 0 Å². The average Bonchev–Trinajstić information content (AvgIpc) is 1.70. The number of aromatic hydroxyl groups is 2. The number of hydrogen-bond acceptors (Lipinski definition) is 29. The van der Waals surface area contributed by atoms with Crippen LogP contribution < -0.4 is 80.3 Å². The van der Waals surface area contributed by atoms with Crippen molar-refractivity contribution in [3.05, 3.63) is 132 Å². The summed E-state index contributed by atoms with van der Waals surface area (Å²) >= 11 is 0.